The van der Waals surface area contributed by atoms with E-state index in [1.807, 2.05) is 0 Å². The van der Waals surface area contributed by atoms with Crippen LogP contribution in [-0.4, -0.2) is 24.4 Å². The molecule has 2 nitrogen and oxygen atoms in total. The summed E-state index contributed by atoms with van der Waals surface area (Å²) in [6.07, 6.45) is 2.30. The van der Waals surface area contributed by atoms with Crippen molar-refractivity contribution < 1.29 is 9.84 Å². The summed E-state index contributed by atoms with van der Waals surface area (Å²) in [5.41, 5.74) is 0. The molecule has 54 valence electrons. The van der Waals surface area contributed by atoms with Crippen LogP contribution < -0.4 is 0 Å². The molecule has 0 saturated heterocycles. The summed E-state index contributed by atoms with van der Waals surface area (Å²) >= 11 is 0. The van der Waals surface area contributed by atoms with Crippen LogP contribution in [0.1, 0.15) is 13.3 Å². The highest BCUT2D eigenvalue weighted by Crippen LogP contribution is 1.85. The van der Waals surface area contributed by atoms with Crippen LogP contribution in [0.3, 0.4) is 0 Å². The maximum Gasteiger partial charge on any atom is 0.0745 e. The van der Waals surface area contributed by atoms with Gasteiger partial charge in [0.25, 0.3) is 0 Å². The second-order valence-corrected chi connectivity index (χ2v) is 2.00. The molecular formula is C7H14O2. The molecule has 0 spiro atoms. The fourth-order valence-electron chi connectivity index (χ4n) is 0.421. The minimum Gasteiger partial charge on any atom is -0.391 e. The molecule has 9 heavy (non-hydrogen) atoms. The van der Waals surface area contributed by atoms with Gasteiger partial charge in [-0.25, -0.2) is 0 Å². The molecule has 0 amide bonds. The smallest absolute Gasteiger partial charge is 0.0745 e. The molecule has 1 N–H and O–H groups in total. The molecule has 2 heteroatoms. The highest BCUT2D eigenvalue weighted by molar-refractivity contribution is 4.64. The Morgan fingerprint density at radius 1 is 1.78 bits per heavy atom. The topological polar surface area (TPSA) is 29.5 Å². The van der Waals surface area contributed by atoms with Crippen LogP contribution in [0.5, 0.6) is 0 Å². The summed E-state index contributed by atoms with van der Waals surface area (Å²) in [5.74, 6) is 0. The summed E-state index contributed by atoms with van der Waals surface area (Å²) in [6.45, 7) is 6.32. The van der Waals surface area contributed by atoms with E-state index in [1.165, 1.54) is 0 Å². The quantitative estimate of drug-likeness (QED) is 0.443. The predicted molar refractivity (Wildman–Crippen MR) is 37.3 cm³/mol. The van der Waals surface area contributed by atoms with Gasteiger partial charge in [0.1, 0.15) is 0 Å². The zero-order valence-corrected chi connectivity index (χ0v) is 5.84. The fraction of sp³-hybridized carbons (Fsp3) is 0.714. The van der Waals surface area contributed by atoms with E-state index in [0.29, 0.717) is 13.2 Å². The lowest BCUT2D eigenvalue weighted by atomic mass is 10.4. The second kappa shape index (κ2) is 5.79. The SMILES string of the molecule is C=CCCOCC(C)O. The van der Waals surface area contributed by atoms with Crippen LogP contribution in [-0.2, 0) is 4.74 Å². The van der Waals surface area contributed by atoms with Crippen molar-refractivity contribution in [1.29, 1.82) is 0 Å². The molecule has 0 fully saturated rings. The Morgan fingerprint density at radius 2 is 2.44 bits per heavy atom. The van der Waals surface area contributed by atoms with Gasteiger partial charge in [0, 0.05) is 0 Å². The zero-order valence-electron chi connectivity index (χ0n) is 5.84. The van der Waals surface area contributed by atoms with Crippen molar-refractivity contribution in [3.8, 4) is 0 Å². The summed E-state index contributed by atoms with van der Waals surface area (Å²) < 4.78 is 5.01. The molecule has 0 aromatic heterocycles. The minimum atomic E-state index is -0.352. The molecule has 0 bridgehead atoms. The summed E-state index contributed by atoms with van der Waals surface area (Å²) in [4.78, 5) is 0. The van der Waals surface area contributed by atoms with Crippen molar-refractivity contribution in [2.75, 3.05) is 13.2 Å². The van der Waals surface area contributed by atoms with Gasteiger partial charge in [0.2, 0.25) is 0 Å². The van der Waals surface area contributed by atoms with Gasteiger partial charge >= 0.3 is 0 Å². The molecule has 0 aliphatic heterocycles. The van der Waals surface area contributed by atoms with E-state index in [-0.39, 0.29) is 6.10 Å². The van der Waals surface area contributed by atoms with Crippen LogP contribution in [0, 0.1) is 0 Å². The maximum atomic E-state index is 8.70. The molecule has 0 radical (unpaired) electrons. The summed E-state index contributed by atoms with van der Waals surface area (Å²) in [7, 11) is 0. The standard InChI is InChI=1S/C7H14O2/c1-3-4-5-9-6-7(2)8/h3,7-8H,1,4-6H2,2H3. The van der Waals surface area contributed by atoms with Crippen molar-refractivity contribution in [3.05, 3.63) is 12.7 Å². The van der Waals surface area contributed by atoms with E-state index >= 15 is 0 Å². The Hall–Kier alpha value is -0.340. The molecule has 0 aliphatic rings. The molecular weight excluding hydrogens is 116 g/mol. The number of ether oxygens (including phenoxy) is 1. The van der Waals surface area contributed by atoms with E-state index in [9.17, 15) is 0 Å². The van der Waals surface area contributed by atoms with E-state index in [1.54, 1.807) is 13.0 Å². The van der Waals surface area contributed by atoms with E-state index in [2.05, 4.69) is 6.58 Å². The second-order valence-electron chi connectivity index (χ2n) is 2.00. The van der Waals surface area contributed by atoms with Crippen LogP contribution >= 0.6 is 0 Å². The first-order valence-corrected chi connectivity index (χ1v) is 3.14. The van der Waals surface area contributed by atoms with Crippen molar-refractivity contribution >= 4 is 0 Å². The van der Waals surface area contributed by atoms with E-state index in [4.69, 9.17) is 9.84 Å². The average Bonchev–Trinajstić information content (AvgIpc) is 1.80. The molecule has 0 saturated carbocycles. The third kappa shape index (κ3) is 7.66. The van der Waals surface area contributed by atoms with Gasteiger partial charge in [-0.15, -0.1) is 6.58 Å². The number of aliphatic hydroxyl groups excluding tert-OH is 1. The molecule has 0 aliphatic carbocycles. The van der Waals surface area contributed by atoms with Crippen LogP contribution in [0.15, 0.2) is 12.7 Å². The maximum absolute atomic E-state index is 8.70. The third-order valence-corrected chi connectivity index (χ3v) is 0.825. The summed E-state index contributed by atoms with van der Waals surface area (Å²) in [6, 6.07) is 0. The number of rotatable bonds is 5. The first kappa shape index (κ1) is 8.66. The largest absolute Gasteiger partial charge is 0.391 e. The van der Waals surface area contributed by atoms with Gasteiger partial charge in [-0.2, -0.15) is 0 Å². The highest BCUT2D eigenvalue weighted by Gasteiger charge is 1.92. The van der Waals surface area contributed by atoms with Gasteiger partial charge in [-0.05, 0) is 13.3 Å². The Morgan fingerprint density at radius 3 is 2.89 bits per heavy atom. The lowest BCUT2D eigenvalue weighted by Crippen LogP contribution is -2.10. The molecule has 1 unspecified atom stereocenters. The monoisotopic (exact) mass is 130 g/mol. The van der Waals surface area contributed by atoms with Gasteiger partial charge in [0.05, 0.1) is 19.3 Å². The van der Waals surface area contributed by atoms with Crippen molar-refractivity contribution in [2.24, 2.45) is 0 Å². The predicted octanol–water partition coefficient (Wildman–Crippen LogP) is 0.960. The Kier molecular flexibility index (Phi) is 5.57. The molecule has 0 heterocycles. The van der Waals surface area contributed by atoms with Crippen LogP contribution in [0.25, 0.3) is 0 Å². The summed E-state index contributed by atoms with van der Waals surface area (Å²) in [5, 5.41) is 8.70. The van der Waals surface area contributed by atoms with Gasteiger partial charge in [0.15, 0.2) is 0 Å². The normalized spacial score (nSPS) is 13.1. The number of hydrogen-bond acceptors (Lipinski definition) is 2. The third-order valence-electron chi connectivity index (χ3n) is 0.825. The van der Waals surface area contributed by atoms with Gasteiger partial charge < -0.3 is 9.84 Å². The molecule has 0 aromatic rings. The van der Waals surface area contributed by atoms with Crippen LogP contribution in [0.4, 0.5) is 0 Å². The first-order valence-electron chi connectivity index (χ1n) is 3.14. The number of hydrogen-bond donors (Lipinski definition) is 1. The van der Waals surface area contributed by atoms with Crippen molar-refractivity contribution in [3.63, 3.8) is 0 Å². The Labute approximate surface area is 56.1 Å². The molecule has 1 atom stereocenters. The lowest BCUT2D eigenvalue weighted by Gasteiger charge is -2.03. The zero-order chi connectivity index (χ0) is 7.11. The average molecular weight is 130 g/mol. The van der Waals surface area contributed by atoms with E-state index in [0.717, 1.165) is 6.42 Å². The minimum absolute atomic E-state index is 0.352. The van der Waals surface area contributed by atoms with Gasteiger partial charge in [-0.1, -0.05) is 6.08 Å². The Bertz CT molecular complexity index is 69.3. The van der Waals surface area contributed by atoms with Gasteiger partial charge in [-0.3, -0.25) is 0 Å². The molecule has 0 rings (SSSR count). The van der Waals surface area contributed by atoms with Crippen molar-refractivity contribution in [1.82, 2.24) is 0 Å². The Balaban J connectivity index is 2.82. The highest BCUT2D eigenvalue weighted by atomic mass is 16.5. The number of aliphatic hydroxyl groups is 1. The fourth-order valence-corrected chi connectivity index (χ4v) is 0.421. The van der Waals surface area contributed by atoms with Crippen LogP contribution in [0.2, 0.25) is 0 Å². The first-order chi connectivity index (χ1) is 4.27. The van der Waals surface area contributed by atoms with Crippen molar-refractivity contribution in [2.45, 2.75) is 19.4 Å². The van der Waals surface area contributed by atoms with E-state index < -0.39 is 0 Å². The lowest BCUT2D eigenvalue weighted by molar-refractivity contribution is 0.0485. The molecule has 0 aromatic carbocycles.